The maximum Gasteiger partial charge on any atom is 0.308 e. The fourth-order valence-electron chi connectivity index (χ4n) is 1.74. The van der Waals surface area contributed by atoms with Crippen molar-refractivity contribution in [1.82, 2.24) is 9.78 Å². The number of para-hydroxylation sites is 1. The van der Waals surface area contributed by atoms with Crippen molar-refractivity contribution in [3.63, 3.8) is 0 Å². The van der Waals surface area contributed by atoms with Crippen LogP contribution in [0.5, 0.6) is 0 Å². The Bertz CT molecular complexity index is 522. The molecule has 1 heterocycles. The molecule has 1 aromatic carbocycles. The molecule has 2 rings (SSSR count). The fourth-order valence-corrected chi connectivity index (χ4v) is 1.74. The summed E-state index contributed by atoms with van der Waals surface area (Å²) in [6.07, 6.45) is 3.91. The summed E-state index contributed by atoms with van der Waals surface area (Å²) in [6.45, 7) is 0.131. The van der Waals surface area contributed by atoms with E-state index in [1.54, 1.807) is 10.9 Å². The molecule has 0 fully saturated rings. The number of carbonyl (C=O) groups is 1. The second-order valence-electron chi connectivity index (χ2n) is 4.10. The normalized spacial score (nSPS) is 12.3. The second kappa shape index (κ2) is 5.46. The van der Waals surface area contributed by atoms with Crippen LogP contribution in [-0.2, 0) is 11.2 Å². The van der Waals surface area contributed by atoms with E-state index >= 15 is 0 Å². The lowest BCUT2D eigenvalue weighted by molar-refractivity contribution is -0.141. The average molecular weight is 245 g/mol. The van der Waals surface area contributed by atoms with E-state index in [9.17, 15) is 4.79 Å². The van der Waals surface area contributed by atoms with E-state index < -0.39 is 11.9 Å². The minimum Gasteiger partial charge on any atom is -0.481 e. The number of carboxylic acids is 1. The zero-order valence-corrected chi connectivity index (χ0v) is 9.86. The van der Waals surface area contributed by atoms with Crippen LogP contribution in [0, 0.1) is 5.92 Å². The molecule has 1 aromatic heterocycles. The van der Waals surface area contributed by atoms with E-state index in [-0.39, 0.29) is 6.54 Å². The first-order chi connectivity index (χ1) is 8.70. The molecule has 0 radical (unpaired) electrons. The highest BCUT2D eigenvalue weighted by Gasteiger charge is 2.16. The molecule has 3 N–H and O–H groups in total. The Kier molecular flexibility index (Phi) is 3.74. The van der Waals surface area contributed by atoms with Crippen molar-refractivity contribution >= 4 is 5.97 Å². The van der Waals surface area contributed by atoms with Crippen molar-refractivity contribution in [2.24, 2.45) is 11.7 Å². The monoisotopic (exact) mass is 245 g/mol. The van der Waals surface area contributed by atoms with Crippen molar-refractivity contribution in [3.05, 3.63) is 48.3 Å². The molecule has 0 bridgehead atoms. The Morgan fingerprint density at radius 1 is 1.39 bits per heavy atom. The van der Waals surface area contributed by atoms with Crippen molar-refractivity contribution in [2.75, 3.05) is 6.54 Å². The van der Waals surface area contributed by atoms with Gasteiger partial charge in [0.05, 0.1) is 17.8 Å². The predicted octanol–water partition coefficient (Wildman–Crippen LogP) is 1.07. The minimum absolute atomic E-state index is 0.131. The lowest BCUT2D eigenvalue weighted by Gasteiger charge is -2.06. The summed E-state index contributed by atoms with van der Waals surface area (Å²) in [7, 11) is 0. The first kappa shape index (κ1) is 12.3. The maximum atomic E-state index is 10.9. The Morgan fingerprint density at radius 3 is 2.72 bits per heavy atom. The quantitative estimate of drug-likeness (QED) is 0.825. The first-order valence-electron chi connectivity index (χ1n) is 5.72. The number of nitrogens with two attached hydrogens (primary N) is 1. The average Bonchev–Trinajstić information content (AvgIpc) is 2.85. The standard InChI is InChI=1S/C13H15N3O2/c14-7-11(13(17)18)6-10-8-15-16(9-10)12-4-2-1-3-5-12/h1-5,8-9,11H,6-7,14H2,(H,17,18). The van der Waals surface area contributed by atoms with Crippen LogP contribution in [0.1, 0.15) is 5.56 Å². The second-order valence-corrected chi connectivity index (χ2v) is 4.10. The molecule has 0 aliphatic heterocycles. The number of carboxylic acid groups (broad SMARTS) is 1. The molecule has 1 atom stereocenters. The van der Waals surface area contributed by atoms with Gasteiger partial charge in [-0.25, -0.2) is 4.68 Å². The van der Waals surface area contributed by atoms with E-state index in [1.165, 1.54) is 0 Å². The molecule has 0 amide bonds. The fraction of sp³-hybridized carbons (Fsp3) is 0.231. The first-order valence-corrected chi connectivity index (χ1v) is 5.72. The molecule has 0 saturated carbocycles. The number of hydrogen-bond acceptors (Lipinski definition) is 3. The molecule has 2 aromatic rings. The lowest BCUT2D eigenvalue weighted by Crippen LogP contribution is -2.25. The summed E-state index contributed by atoms with van der Waals surface area (Å²) >= 11 is 0. The smallest absolute Gasteiger partial charge is 0.308 e. The van der Waals surface area contributed by atoms with Gasteiger partial charge in [0.1, 0.15) is 0 Å². The highest BCUT2D eigenvalue weighted by Crippen LogP contribution is 2.11. The molecular weight excluding hydrogens is 230 g/mol. The van der Waals surface area contributed by atoms with Gasteiger partial charge in [-0.15, -0.1) is 0 Å². The number of hydrogen-bond donors (Lipinski definition) is 2. The van der Waals surface area contributed by atoms with Crippen molar-refractivity contribution in [1.29, 1.82) is 0 Å². The summed E-state index contributed by atoms with van der Waals surface area (Å²) in [4.78, 5) is 10.9. The molecule has 0 aliphatic carbocycles. The molecule has 0 aliphatic rings. The summed E-state index contributed by atoms with van der Waals surface area (Å²) in [5.41, 5.74) is 7.25. The third kappa shape index (κ3) is 2.75. The van der Waals surface area contributed by atoms with Gasteiger partial charge < -0.3 is 10.8 Å². The molecule has 94 valence electrons. The Labute approximate surface area is 105 Å². The van der Waals surface area contributed by atoms with E-state index in [4.69, 9.17) is 10.8 Å². The predicted molar refractivity (Wildman–Crippen MR) is 67.4 cm³/mol. The van der Waals surface area contributed by atoms with Crippen molar-refractivity contribution < 1.29 is 9.90 Å². The highest BCUT2D eigenvalue weighted by molar-refractivity contribution is 5.70. The van der Waals surface area contributed by atoms with E-state index in [1.807, 2.05) is 36.5 Å². The number of rotatable bonds is 5. The number of benzene rings is 1. The van der Waals surface area contributed by atoms with Crippen LogP contribution < -0.4 is 5.73 Å². The van der Waals surface area contributed by atoms with E-state index in [0.29, 0.717) is 6.42 Å². The molecule has 1 unspecified atom stereocenters. The summed E-state index contributed by atoms with van der Waals surface area (Å²) in [5.74, 6) is -1.43. The SMILES string of the molecule is NCC(Cc1cnn(-c2ccccc2)c1)C(=O)O. The Balaban J connectivity index is 2.14. The van der Waals surface area contributed by atoms with Gasteiger partial charge in [-0.2, -0.15) is 5.10 Å². The highest BCUT2D eigenvalue weighted by atomic mass is 16.4. The van der Waals surface area contributed by atoms with Gasteiger partial charge in [-0.3, -0.25) is 4.79 Å². The van der Waals surface area contributed by atoms with Crippen molar-refractivity contribution in [3.8, 4) is 5.69 Å². The zero-order chi connectivity index (χ0) is 13.0. The van der Waals surface area contributed by atoms with Crippen molar-refractivity contribution in [2.45, 2.75) is 6.42 Å². The number of aliphatic carboxylic acids is 1. The molecule has 0 saturated heterocycles. The van der Waals surface area contributed by atoms with Crippen LogP contribution in [0.2, 0.25) is 0 Å². The van der Waals surface area contributed by atoms with Gasteiger partial charge in [-0.1, -0.05) is 18.2 Å². The number of nitrogens with zero attached hydrogens (tertiary/aromatic N) is 2. The van der Waals surface area contributed by atoms with Gasteiger partial charge >= 0.3 is 5.97 Å². The van der Waals surface area contributed by atoms with Gasteiger partial charge in [0.15, 0.2) is 0 Å². The molecule has 0 spiro atoms. The van der Waals surface area contributed by atoms with Crippen LogP contribution in [-0.4, -0.2) is 27.4 Å². The van der Waals surface area contributed by atoms with E-state index in [0.717, 1.165) is 11.3 Å². The van der Waals surface area contributed by atoms with Gasteiger partial charge in [0.2, 0.25) is 0 Å². The molecule has 18 heavy (non-hydrogen) atoms. The van der Waals surface area contributed by atoms with Crippen LogP contribution in [0.4, 0.5) is 0 Å². The maximum absolute atomic E-state index is 10.9. The largest absolute Gasteiger partial charge is 0.481 e. The van der Waals surface area contributed by atoms with Crippen LogP contribution in [0.25, 0.3) is 5.69 Å². The lowest BCUT2D eigenvalue weighted by atomic mass is 10.0. The third-order valence-electron chi connectivity index (χ3n) is 2.77. The summed E-state index contributed by atoms with van der Waals surface area (Å²) in [6, 6.07) is 9.67. The Morgan fingerprint density at radius 2 is 2.11 bits per heavy atom. The van der Waals surface area contributed by atoms with Crippen LogP contribution in [0.3, 0.4) is 0 Å². The van der Waals surface area contributed by atoms with Gasteiger partial charge in [0, 0.05) is 12.7 Å². The summed E-state index contributed by atoms with van der Waals surface area (Å²) in [5, 5.41) is 13.2. The zero-order valence-electron chi connectivity index (χ0n) is 9.86. The van der Waals surface area contributed by atoms with Crippen LogP contribution in [0.15, 0.2) is 42.7 Å². The van der Waals surface area contributed by atoms with Crippen LogP contribution >= 0.6 is 0 Å². The minimum atomic E-state index is -0.870. The molecular formula is C13H15N3O2. The topological polar surface area (TPSA) is 81.1 Å². The summed E-state index contributed by atoms with van der Waals surface area (Å²) < 4.78 is 1.73. The third-order valence-corrected chi connectivity index (χ3v) is 2.77. The molecule has 5 nitrogen and oxygen atoms in total. The van der Waals surface area contributed by atoms with Gasteiger partial charge in [0.25, 0.3) is 0 Å². The van der Waals surface area contributed by atoms with E-state index in [2.05, 4.69) is 5.10 Å². The van der Waals surface area contributed by atoms with Gasteiger partial charge in [-0.05, 0) is 24.1 Å². The Hall–Kier alpha value is -2.14. The molecule has 5 heteroatoms. The number of aromatic nitrogens is 2.